The molecule has 6 N–H and O–H groups in total. The van der Waals surface area contributed by atoms with Crippen LogP contribution in [0.2, 0.25) is 0 Å². The van der Waals surface area contributed by atoms with Gasteiger partial charge in [-0.3, -0.25) is 9.36 Å². The van der Waals surface area contributed by atoms with Crippen LogP contribution in [0.25, 0.3) is 0 Å². The highest BCUT2D eigenvalue weighted by atomic mass is 16.6. The van der Waals surface area contributed by atoms with Gasteiger partial charge in [-0.15, -0.1) is 0 Å². The fourth-order valence-electron chi connectivity index (χ4n) is 2.78. The number of carbonyl (C=O) groups excluding carboxylic acids is 1. The first-order valence-electron chi connectivity index (χ1n) is 8.42. The van der Waals surface area contributed by atoms with E-state index in [0.29, 0.717) is 0 Å². The van der Waals surface area contributed by atoms with Crippen LogP contribution < -0.4 is 17.2 Å². The Labute approximate surface area is 150 Å². The molecule has 10 heteroatoms. The highest BCUT2D eigenvalue weighted by Gasteiger charge is 2.46. The number of hydrogen-bond donors (Lipinski definition) is 4. The summed E-state index contributed by atoms with van der Waals surface area (Å²) < 4.78 is 12.2. The molecule has 0 amide bonds. The van der Waals surface area contributed by atoms with Crippen molar-refractivity contribution in [2.24, 2.45) is 17.6 Å². The van der Waals surface area contributed by atoms with Gasteiger partial charge in [0.15, 0.2) is 6.10 Å². The van der Waals surface area contributed by atoms with Gasteiger partial charge in [0.05, 0.1) is 6.61 Å². The fraction of sp³-hybridized carbons (Fsp3) is 0.688. The van der Waals surface area contributed by atoms with E-state index in [9.17, 15) is 19.8 Å². The van der Waals surface area contributed by atoms with Crippen LogP contribution in [-0.2, 0) is 14.3 Å². The third-order valence-corrected chi connectivity index (χ3v) is 4.55. The number of anilines is 1. The number of nitrogen functional groups attached to an aromatic ring is 1. The molecule has 1 aromatic heterocycles. The van der Waals surface area contributed by atoms with Gasteiger partial charge in [0.1, 0.15) is 30.3 Å². The Balaban J connectivity index is 2.24. The first-order valence-corrected chi connectivity index (χ1v) is 8.42. The van der Waals surface area contributed by atoms with Gasteiger partial charge in [0.2, 0.25) is 0 Å². The summed E-state index contributed by atoms with van der Waals surface area (Å²) in [6.07, 6.45) is -2.83. The first kappa shape index (κ1) is 20.3. The summed E-state index contributed by atoms with van der Waals surface area (Å²) in [6, 6.07) is 0.560. The zero-order chi connectivity index (χ0) is 19.6. The van der Waals surface area contributed by atoms with Crippen LogP contribution in [0.3, 0.4) is 0 Å². The van der Waals surface area contributed by atoms with Crippen LogP contribution in [0.4, 0.5) is 5.82 Å². The van der Waals surface area contributed by atoms with Crippen LogP contribution in [0.5, 0.6) is 0 Å². The SMILES string of the molecule is CC(C)[C@H](N)C(=O)O[C@@H]1[C@H](O)C(C)[C@H](n2ccc(N)nc2=O)O[C@@H]1CO. The highest BCUT2D eigenvalue weighted by molar-refractivity contribution is 5.76. The lowest BCUT2D eigenvalue weighted by Crippen LogP contribution is -2.57. The van der Waals surface area contributed by atoms with Crippen molar-refractivity contribution in [1.29, 1.82) is 0 Å². The van der Waals surface area contributed by atoms with E-state index in [2.05, 4.69) is 4.98 Å². The Bertz CT molecular complexity index is 692. The number of aliphatic hydroxyl groups is 2. The second-order valence-electron chi connectivity index (χ2n) is 6.81. The molecule has 1 aromatic rings. The quantitative estimate of drug-likeness (QED) is 0.457. The van der Waals surface area contributed by atoms with Gasteiger partial charge in [-0.05, 0) is 12.0 Å². The van der Waals surface area contributed by atoms with Gasteiger partial charge in [-0.1, -0.05) is 20.8 Å². The molecule has 1 aliphatic heterocycles. The Morgan fingerprint density at radius 2 is 2.15 bits per heavy atom. The largest absolute Gasteiger partial charge is 0.456 e. The molecule has 2 heterocycles. The minimum atomic E-state index is -1.18. The van der Waals surface area contributed by atoms with Gasteiger partial charge < -0.3 is 31.2 Å². The van der Waals surface area contributed by atoms with Crippen LogP contribution in [0.1, 0.15) is 27.0 Å². The van der Waals surface area contributed by atoms with Crippen molar-refractivity contribution in [2.75, 3.05) is 12.3 Å². The van der Waals surface area contributed by atoms with Gasteiger partial charge in [0, 0.05) is 12.1 Å². The van der Waals surface area contributed by atoms with Crippen molar-refractivity contribution >= 4 is 11.8 Å². The molecule has 26 heavy (non-hydrogen) atoms. The molecule has 0 radical (unpaired) electrons. The summed E-state index contributed by atoms with van der Waals surface area (Å²) in [7, 11) is 0. The van der Waals surface area contributed by atoms with Gasteiger partial charge in [-0.2, -0.15) is 4.98 Å². The fourth-order valence-corrected chi connectivity index (χ4v) is 2.78. The summed E-state index contributed by atoms with van der Waals surface area (Å²) in [6.45, 7) is 4.64. The second-order valence-corrected chi connectivity index (χ2v) is 6.81. The second kappa shape index (κ2) is 8.12. The van der Waals surface area contributed by atoms with Crippen molar-refractivity contribution < 1.29 is 24.5 Å². The summed E-state index contributed by atoms with van der Waals surface area (Å²) in [4.78, 5) is 27.8. The van der Waals surface area contributed by atoms with Crippen molar-refractivity contribution in [3.63, 3.8) is 0 Å². The van der Waals surface area contributed by atoms with Crippen LogP contribution in [0, 0.1) is 11.8 Å². The van der Waals surface area contributed by atoms with E-state index in [4.69, 9.17) is 20.9 Å². The predicted octanol–water partition coefficient (Wildman–Crippen LogP) is -1.39. The average molecular weight is 370 g/mol. The van der Waals surface area contributed by atoms with Crippen LogP contribution >= 0.6 is 0 Å². The lowest BCUT2D eigenvalue weighted by atomic mass is 9.91. The zero-order valence-corrected chi connectivity index (χ0v) is 15.0. The molecule has 6 atom stereocenters. The Morgan fingerprint density at radius 3 is 2.69 bits per heavy atom. The molecular weight excluding hydrogens is 344 g/mol. The van der Waals surface area contributed by atoms with Gasteiger partial charge in [-0.25, -0.2) is 4.79 Å². The van der Waals surface area contributed by atoms with E-state index >= 15 is 0 Å². The molecule has 10 nitrogen and oxygen atoms in total. The monoisotopic (exact) mass is 370 g/mol. The minimum Gasteiger partial charge on any atom is -0.456 e. The lowest BCUT2D eigenvalue weighted by Gasteiger charge is -2.43. The predicted molar refractivity (Wildman–Crippen MR) is 91.8 cm³/mol. The van der Waals surface area contributed by atoms with E-state index in [1.165, 1.54) is 16.8 Å². The third-order valence-electron chi connectivity index (χ3n) is 4.55. The summed E-state index contributed by atoms with van der Waals surface area (Å²) >= 11 is 0. The molecule has 2 rings (SSSR count). The van der Waals surface area contributed by atoms with E-state index in [1.54, 1.807) is 20.8 Å². The molecule has 1 saturated heterocycles. The molecule has 146 valence electrons. The molecule has 0 aliphatic carbocycles. The molecule has 0 aromatic carbocycles. The molecule has 1 fully saturated rings. The van der Waals surface area contributed by atoms with E-state index < -0.39 is 54.8 Å². The Hall–Kier alpha value is -2.01. The topological polar surface area (TPSA) is 163 Å². The van der Waals surface area contributed by atoms with Crippen molar-refractivity contribution in [3.05, 3.63) is 22.7 Å². The smallest absolute Gasteiger partial charge is 0.351 e. The number of esters is 1. The maximum atomic E-state index is 12.1. The van der Waals surface area contributed by atoms with Gasteiger partial charge >= 0.3 is 11.7 Å². The average Bonchev–Trinajstić information content (AvgIpc) is 2.59. The summed E-state index contributed by atoms with van der Waals surface area (Å²) in [5.41, 5.74) is 10.6. The molecule has 0 bridgehead atoms. The molecule has 0 spiro atoms. The lowest BCUT2D eigenvalue weighted by molar-refractivity contribution is -0.240. The van der Waals surface area contributed by atoms with Crippen molar-refractivity contribution in [1.82, 2.24) is 9.55 Å². The standard InChI is InChI=1S/C16H26N4O6/c1-7(2)11(18)15(23)26-13-9(6-21)25-14(8(3)12(13)22)20-5-4-10(17)19-16(20)24/h4-5,7-9,11-14,21-22H,6,18H2,1-3H3,(H2,17,19,24)/t8?,9-,11+,12-,13+,14-/m1/s1. The van der Waals surface area contributed by atoms with Gasteiger partial charge in [0.25, 0.3) is 0 Å². The summed E-state index contributed by atoms with van der Waals surface area (Å²) in [5.74, 6) is -1.41. The number of rotatable bonds is 5. The Kier molecular flexibility index (Phi) is 6.34. The molecule has 0 saturated carbocycles. The number of carbonyl (C=O) groups is 1. The molecular formula is C16H26N4O6. The number of aliphatic hydroxyl groups excluding tert-OH is 2. The maximum Gasteiger partial charge on any atom is 0.351 e. The highest BCUT2D eigenvalue weighted by Crippen LogP contribution is 2.33. The first-order chi connectivity index (χ1) is 12.2. The van der Waals surface area contributed by atoms with E-state index in [0.717, 1.165) is 0 Å². The van der Waals surface area contributed by atoms with Crippen LogP contribution in [0.15, 0.2) is 17.1 Å². The summed E-state index contributed by atoms with van der Waals surface area (Å²) in [5, 5.41) is 20.2. The molecule has 1 unspecified atom stereocenters. The van der Waals surface area contributed by atoms with E-state index in [1.807, 2.05) is 0 Å². The number of ether oxygens (including phenoxy) is 2. The number of nitrogens with zero attached hydrogens (tertiary/aromatic N) is 2. The third kappa shape index (κ3) is 4.04. The number of aromatic nitrogens is 2. The normalized spacial score (nSPS) is 30.2. The van der Waals surface area contributed by atoms with Crippen molar-refractivity contribution in [3.8, 4) is 0 Å². The number of hydrogen-bond acceptors (Lipinski definition) is 9. The van der Waals surface area contributed by atoms with Crippen LogP contribution in [-0.4, -0.2) is 56.7 Å². The van der Waals surface area contributed by atoms with E-state index in [-0.39, 0.29) is 11.7 Å². The Morgan fingerprint density at radius 1 is 1.50 bits per heavy atom. The molecule has 1 aliphatic rings. The number of nitrogens with two attached hydrogens (primary N) is 2. The zero-order valence-electron chi connectivity index (χ0n) is 15.0. The maximum absolute atomic E-state index is 12.1. The van der Waals surface area contributed by atoms with Crippen molar-refractivity contribution in [2.45, 2.75) is 51.4 Å². The minimum absolute atomic E-state index is 0.0587.